The van der Waals surface area contributed by atoms with Crippen LogP contribution in [-0.2, 0) is 27.5 Å². The van der Waals surface area contributed by atoms with Crippen molar-refractivity contribution in [3.63, 3.8) is 0 Å². The maximum absolute atomic E-state index is 13.6. The van der Waals surface area contributed by atoms with Crippen LogP contribution in [0.3, 0.4) is 0 Å². The van der Waals surface area contributed by atoms with Crippen molar-refractivity contribution in [3.8, 4) is 0 Å². The number of halogens is 3. The second-order valence-corrected chi connectivity index (χ2v) is 9.20. The van der Waals surface area contributed by atoms with Crippen molar-refractivity contribution in [2.75, 3.05) is 10.7 Å². The number of hydrazine groups is 1. The van der Waals surface area contributed by atoms with Gasteiger partial charge in [-0.2, -0.15) is 18.2 Å². The number of carbonyl (C=O) groups is 1. The molecule has 174 valence electrons. The average Bonchev–Trinajstić information content (AvgIpc) is 3.15. The predicted octanol–water partition coefficient (Wildman–Crippen LogP) is 3.29. The molecule has 1 atom stereocenters. The van der Waals surface area contributed by atoms with Crippen molar-refractivity contribution >= 4 is 45.4 Å². The number of amides is 1. The minimum atomic E-state index is -4.72. The van der Waals surface area contributed by atoms with Gasteiger partial charge in [0, 0.05) is 11.6 Å². The number of anilines is 3. The fourth-order valence-corrected chi connectivity index (χ4v) is 5.05. The first-order valence-electron chi connectivity index (χ1n) is 10.3. The van der Waals surface area contributed by atoms with Crippen molar-refractivity contribution < 1.29 is 22.2 Å². The van der Waals surface area contributed by atoms with Crippen LogP contribution in [0, 0.1) is 0 Å². The molecular weight excluding hydrogens is 459 g/mol. The number of fused-ring (bicyclic) bond motifs is 4. The molecule has 1 saturated carbocycles. The summed E-state index contributed by atoms with van der Waals surface area (Å²) in [6.45, 7) is 0. The van der Waals surface area contributed by atoms with Gasteiger partial charge in [0.15, 0.2) is 0 Å². The summed E-state index contributed by atoms with van der Waals surface area (Å²) < 4.78 is 54.2. The summed E-state index contributed by atoms with van der Waals surface area (Å²) in [4.78, 5) is 21.4. The minimum Gasteiger partial charge on any atom is -0.324 e. The summed E-state index contributed by atoms with van der Waals surface area (Å²) in [5, 5.41) is 8.51. The van der Waals surface area contributed by atoms with Gasteiger partial charge in [0.05, 0.1) is 16.1 Å². The van der Waals surface area contributed by atoms with Gasteiger partial charge in [-0.3, -0.25) is 20.2 Å². The molecule has 5 rings (SSSR count). The van der Waals surface area contributed by atoms with Crippen LogP contribution in [0.4, 0.5) is 30.6 Å². The Hall–Kier alpha value is -3.19. The summed E-state index contributed by atoms with van der Waals surface area (Å²) in [6.07, 6.45) is 0.848. The fourth-order valence-electron chi connectivity index (χ4n) is 4.61. The lowest BCUT2D eigenvalue weighted by Crippen LogP contribution is -2.55. The van der Waals surface area contributed by atoms with E-state index in [1.807, 2.05) is 4.57 Å². The van der Waals surface area contributed by atoms with Gasteiger partial charge in [-0.25, -0.2) is 14.3 Å². The molecule has 1 spiro atoms. The maximum Gasteiger partial charge on any atom is 0.418 e. The second-order valence-electron chi connectivity index (χ2n) is 8.14. The molecule has 1 aliphatic heterocycles. The zero-order chi connectivity index (χ0) is 23.4. The Morgan fingerprint density at radius 1 is 1.15 bits per heavy atom. The Bertz CT molecular complexity index is 1280. The monoisotopic (exact) mass is 479 g/mol. The second kappa shape index (κ2) is 7.70. The van der Waals surface area contributed by atoms with Crippen LogP contribution in [0.1, 0.15) is 37.7 Å². The Kier molecular flexibility index (Phi) is 5.05. The minimum absolute atomic E-state index is 0.0625. The van der Waals surface area contributed by atoms with E-state index in [1.165, 1.54) is 12.3 Å². The summed E-state index contributed by atoms with van der Waals surface area (Å²) in [7, 11) is -2.06. The quantitative estimate of drug-likeness (QED) is 0.457. The van der Waals surface area contributed by atoms with Crippen molar-refractivity contribution in [2.45, 2.75) is 48.7 Å². The first-order valence-corrected chi connectivity index (χ1v) is 11.5. The summed E-state index contributed by atoms with van der Waals surface area (Å²) in [6, 6.07) is 4.92. The van der Waals surface area contributed by atoms with Gasteiger partial charge in [0.2, 0.25) is 5.95 Å². The van der Waals surface area contributed by atoms with Crippen LogP contribution in [0.25, 0.3) is 11.0 Å². The highest BCUT2D eigenvalue weighted by molar-refractivity contribution is 7.82. The van der Waals surface area contributed by atoms with Gasteiger partial charge in [-0.1, -0.05) is 19.3 Å². The van der Waals surface area contributed by atoms with E-state index in [-0.39, 0.29) is 22.4 Å². The van der Waals surface area contributed by atoms with Crippen molar-refractivity contribution in [2.24, 2.45) is 5.14 Å². The zero-order valence-electron chi connectivity index (χ0n) is 17.2. The van der Waals surface area contributed by atoms with E-state index >= 15 is 0 Å². The molecule has 1 amide bonds. The number of nitrogens with zero attached hydrogens (tertiary/aromatic N) is 3. The molecule has 0 radical (unpaired) electrons. The van der Waals surface area contributed by atoms with Gasteiger partial charge >= 0.3 is 6.18 Å². The third kappa shape index (κ3) is 3.60. The number of alkyl halides is 3. The van der Waals surface area contributed by atoms with Crippen LogP contribution in [0.5, 0.6) is 0 Å². The normalized spacial score (nSPS) is 18.5. The number of aromatic nitrogens is 3. The lowest BCUT2D eigenvalue weighted by molar-refractivity contribution is -0.137. The highest BCUT2D eigenvalue weighted by atomic mass is 32.2. The van der Waals surface area contributed by atoms with E-state index in [0.29, 0.717) is 29.7 Å². The van der Waals surface area contributed by atoms with Crippen molar-refractivity contribution in [3.05, 3.63) is 36.0 Å². The molecule has 1 aromatic carbocycles. The number of hydrogen-bond acceptors (Lipinski definition) is 6. The van der Waals surface area contributed by atoms with E-state index < -0.39 is 28.3 Å². The molecule has 9 nitrogen and oxygen atoms in total. The first kappa shape index (κ1) is 21.6. The lowest BCUT2D eigenvalue weighted by Gasteiger charge is -2.41. The molecule has 2 aromatic heterocycles. The van der Waals surface area contributed by atoms with Crippen LogP contribution >= 0.6 is 0 Å². The SMILES string of the molecule is NS(=O)c1ccc(Nc2ncc3cc4n(c3n2)C2(CCCCC2)C(=O)NN4)c(C(F)(F)F)c1. The van der Waals surface area contributed by atoms with Crippen molar-refractivity contribution in [1.82, 2.24) is 20.0 Å². The average molecular weight is 479 g/mol. The van der Waals surface area contributed by atoms with Gasteiger partial charge < -0.3 is 5.32 Å². The zero-order valence-corrected chi connectivity index (χ0v) is 18.0. The van der Waals surface area contributed by atoms with Gasteiger partial charge in [0.25, 0.3) is 5.91 Å². The van der Waals surface area contributed by atoms with Crippen molar-refractivity contribution in [1.29, 1.82) is 0 Å². The molecule has 3 aromatic rings. The smallest absolute Gasteiger partial charge is 0.324 e. The standard InChI is InChI=1S/C20H20F3N7O2S/c21-20(22,23)13-9-12(33(24)32)4-5-14(13)26-18-25-10-11-8-15-28-29-17(31)19(6-2-1-3-7-19)30(15)16(11)27-18/h4-5,8-10,28H,1-3,6-7,24H2,(H,29,31)(H,25,26,27). The molecule has 3 heterocycles. The van der Waals surface area contributed by atoms with E-state index in [0.717, 1.165) is 31.4 Å². The van der Waals surface area contributed by atoms with Crippen LogP contribution < -0.4 is 21.3 Å². The first-order chi connectivity index (χ1) is 15.7. The van der Waals surface area contributed by atoms with Crippen LogP contribution in [0.2, 0.25) is 0 Å². The third-order valence-corrected chi connectivity index (χ3v) is 6.87. The molecule has 1 aliphatic carbocycles. The molecule has 13 heteroatoms. The van der Waals surface area contributed by atoms with E-state index in [4.69, 9.17) is 5.14 Å². The highest BCUT2D eigenvalue weighted by Gasteiger charge is 2.46. The topological polar surface area (TPSA) is 127 Å². The Morgan fingerprint density at radius 3 is 2.61 bits per heavy atom. The van der Waals surface area contributed by atoms with Crippen LogP contribution in [-0.4, -0.2) is 24.7 Å². The lowest BCUT2D eigenvalue weighted by atomic mass is 9.80. The molecule has 33 heavy (non-hydrogen) atoms. The van der Waals surface area contributed by atoms with Gasteiger partial charge in [0.1, 0.15) is 28.0 Å². The molecule has 2 aliphatic rings. The number of carbonyl (C=O) groups excluding carboxylic acids is 1. The fraction of sp³-hybridized carbons (Fsp3) is 0.350. The Morgan fingerprint density at radius 2 is 1.91 bits per heavy atom. The van der Waals surface area contributed by atoms with E-state index in [1.54, 1.807) is 6.07 Å². The Labute approximate surface area is 188 Å². The summed E-state index contributed by atoms with van der Waals surface area (Å²) >= 11 is 0. The molecule has 5 N–H and O–H groups in total. The molecule has 0 bridgehead atoms. The highest BCUT2D eigenvalue weighted by Crippen LogP contribution is 2.42. The van der Waals surface area contributed by atoms with E-state index in [9.17, 15) is 22.2 Å². The van der Waals surface area contributed by atoms with E-state index in [2.05, 4.69) is 26.1 Å². The number of nitrogens with two attached hydrogens (primary N) is 1. The largest absolute Gasteiger partial charge is 0.418 e. The molecule has 1 unspecified atom stereocenters. The maximum atomic E-state index is 13.6. The van der Waals surface area contributed by atoms with Gasteiger partial charge in [-0.05, 0) is 37.1 Å². The third-order valence-electron chi connectivity index (χ3n) is 6.15. The Balaban J connectivity index is 1.60. The predicted molar refractivity (Wildman–Crippen MR) is 116 cm³/mol. The number of hydrogen-bond donors (Lipinski definition) is 4. The summed E-state index contributed by atoms with van der Waals surface area (Å²) in [5.41, 5.74) is 3.89. The molecular formula is C20H20F3N7O2S. The molecule has 0 saturated heterocycles. The van der Waals surface area contributed by atoms with Crippen LogP contribution in [0.15, 0.2) is 35.4 Å². The summed E-state index contributed by atoms with van der Waals surface area (Å²) in [5.74, 6) is 0.418. The number of benzene rings is 1. The van der Waals surface area contributed by atoms with Gasteiger partial charge in [-0.15, -0.1) is 0 Å². The molecule has 1 fully saturated rings. The number of nitrogens with one attached hydrogen (secondary N) is 3. The number of rotatable bonds is 3.